The molecule has 0 unspecified atom stereocenters. The first kappa shape index (κ1) is 22.8. The van der Waals surface area contributed by atoms with E-state index in [2.05, 4.69) is 27.5 Å². The van der Waals surface area contributed by atoms with Crippen molar-refractivity contribution >= 4 is 52.3 Å². The van der Waals surface area contributed by atoms with Gasteiger partial charge in [0.2, 0.25) is 5.95 Å². The summed E-state index contributed by atoms with van der Waals surface area (Å²) in [5, 5.41) is 6.90. The monoisotopic (exact) mass is 502 g/mol. The molecule has 11 heteroatoms. The van der Waals surface area contributed by atoms with E-state index >= 15 is 0 Å². The lowest BCUT2D eigenvalue weighted by Gasteiger charge is -2.36. The molecule has 2 aliphatic rings. The third-order valence-corrected chi connectivity index (χ3v) is 7.06. The van der Waals surface area contributed by atoms with Crippen LogP contribution >= 0.6 is 23.4 Å². The number of fused-ring (bicyclic) bond motifs is 1. The quantitative estimate of drug-likeness (QED) is 0.503. The largest absolute Gasteiger partial charge is 0.364 e. The summed E-state index contributed by atoms with van der Waals surface area (Å²) in [6, 6.07) is 9.39. The number of rotatable bonds is 4. The van der Waals surface area contributed by atoms with Crippen LogP contribution in [0.3, 0.4) is 0 Å². The van der Waals surface area contributed by atoms with Gasteiger partial charge >= 0.3 is 0 Å². The van der Waals surface area contributed by atoms with Gasteiger partial charge in [-0.05, 0) is 37.3 Å². The highest BCUT2D eigenvalue weighted by molar-refractivity contribution is 7.99. The summed E-state index contributed by atoms with van der Waals surface area (Å²) in [5.41, 5.74) is 1.33. The van der Waals surface area contributed by atoms with Gasteiger partial charge in [0.25, 0.3) is 5.91 Å². The molecule has 1 aromatic heterocycles. The zero-order chi connectivity index (χ0) is 23.8. The van der Waals surface area contributed by atoms with Crippen LogP contribution in [0, 0.1) is 11.6 Å². The summed E-state index contributed by atoms with van der Waals surface area (Å²) >= 11 is 7.40. The predicted molar refractivity (Wildman–Crippen MR) is 130 cm³/mol. The van der Waals surface area contributed by atoms with Crippen LogP contribution in [0.4, 0.5) is 31.8 Å². The molecule has 1 amide bonds. The third-order valence-electron chi connectivity index (χ3n) is 5.78. The van der Waals surface area contributed by atoms with Crippen LogP contribution in [0.2, 0.25) is 5.02 Å². The number of para-hydroxylation sites is 1. The van der Waals surface area contributed by atoms with Crippen molar-refractivity contribution in [2.24, 2.45) is 0 Å². The minimum atomic E-state index is -0.579. The van der Waals surface area contributed by atoms with E-state index in [4.69, 9.17) is 11.6 Å². The number of thioether (sulfide) groups is 1. The van der Waals surface area contributed by atoms with Crippen LogP contribution < -0.4 is 20.4 Å². The van der Waals surface area contributed by atoms with E-state index in [1.807, 2.05) is 4.90 Å². The first-order valence-corrected chi connectivity index (χ1v) is 12.1. The zero-order valence-electron chi connectivity index (χ0n) is 18.2. The molecule has 0 bridgehead atoms. The van der Waals surface area contributed by atoms with Gasteiger partial charge in [-0.15, -0.1) is 0 Å². The lowest BCUT2D eigenvalue weighted by molar-refractivity contribution is 0.0985. The lowest BCUT2D eigenvalue weighted by atomic mass is 10.1. The number of aromatic nitrogens is 2. The molecular formula is C23H21ClF2N6OS. The van der Waals surface area contributed by atoms with E-state index in [0.717, 1.165) is 19.6 Å². The van der Waals surface area contributed by atoms with Crippen molar-refractivity contribution in [1.82, 2.24) is 15.3 Å². The molecule has 3 aromatic rings. The first-order chi connectivity index (χ1) is 16.4. The summed E-state index contributed by atoms with van der Waals surface area (Å²) < 4.78 is 29.2. The molecule has 1 atom stereocenters. The Bertz CT molecular complexity index is 1240. The van der Waals surface area contributed by atoms with Crippen molar-refractivity contribution in [3.05, 3.63) is 64.8 Å². The highest BCUT2D eigenvalue weighted by Gasteiger charge is 2.31. The van der Waals surface area contributed by atoms with Gasteiger partial charge < -0.3 is 15.5 Å². The Labute approximate surface area is 204 Å². The Morgan fingerprint density at radius 2 is 2.09 bits per heavy atom. The van der Waals surface area contributed by atoms with Gasteiger partial charge in [0.05, 0.1) is 27.8 Å². The number of nitrogens with one attached hydrogen (secondary N) is 2. The molecule has 1 saturated heterocycles. The van der Waals surface area contributed by atoms with Crippen LogP contribution in [-0.4, -0.2) is 47.4 Å². The molecule has 0 radical (unpaired) electrons. The fraction of sp³-hybridized carbons (Fsp3) is 0.261. The maximum atomic E-state index is 14.9. The van der Waals surface area contributed by atoms with Crippen molar-refractivity contribution < 1.29 is 13.6 Å². The highest BCUT2D eigenvalue weighted by atomic mass is 35.5. The zero-order valence-corrected chi connectivity index (χ0v) is 19.8. The van der Waals surface area contributed by atoms with Crippen molar-refractivity contribution in [2.45, 2.75) is 18.0 Å². The van der Waals surface area contributed by atoms with E-state index in [0.29, 0.717) is 16.4 Å². The van der Waals surface area contributed by atoms with Gasteiger partial charge in [-0.3, -0.25) is 9.69 Å². The maximum absolute atomic E-state index is 14.9. The third kappa shape index (κ3) is 4.28. The number of amides is 1. The second kappa shape index (κ2) is 9.36. The summed E-state index contributed by atoms with van der Waals surface area (Å²) in [4.78, 5) is 24.9. The minimum absolute atomic E-state index is 0.0314. The van der Waals surface area contributed by atoms with Gasteiger partial charge in [-0.25, -0.2) is 18.7 Å². The SMILES string of the molecule is C[C@@H]1CNCCN1c1ccc(Nc2ncc3c(n2)SCN(c2c(F)cccc2Cl)C3=O)cc1F. The molecule has 0 aliphatic carbocycles. The van der Waals surface area contributed by atoms with Gasteiger partial charge in [0.15, 0.2) is 0 Å². The second-order valence-corrected chi connectivity index (χ2v) is 9.37. The second-order valence-electron chi connectivity index (χ2n) is 8.03. The Morgan fingerprint density at radius 3 is 2.85 bits per heavy atom. The number of nitrogens with zero attached hydrogens (tertiary/aromatic N) is 4. The van der Waals surface area contributed by atoms with Crippen molar-refractivity contribution in [1.29, 1.82) is 0 Å². The average Bonchev–Trinajstić information content (AvgIpc) is 2.81. The van der Waals surface area contributed by atoms with Crippen LogP contribution in [0.1, 0.15) is 17.3 Å². The Hall–Kier alpha value is -2.95. The molecule has 2 N–H and O–H groups in total. The molecule has 0 saturated carbocycles. The van der Waals surface area contributed by atoms with Gasteiger partial charge in [-0.1, -0.05) is 29.4 Å². The summed E-state index contributed by atoms with van der Waals surface area (Å²) in [7, 11) is 0. The minimum Gasteiger partial charge on any atom is -0.364 e. The van der Waals surface area contributed by atoms with E-state index in [-0.39, 0.29) is 40.0 Å². The summed E-state index contributed by atoms with van der Waals surface area (Å²) in [6.07, 6.45) is 1.38. The van der Waals surface area contributed by atoms with Crippen molar-refractivity contribution in [3.8, 4) is 0 Å². The Balaban J connectivity index is 1.35. The van der Waals surface area contributed by atoms with Gasteiger partial charge in [-0.2, -0.15) is 0 Å². The van der Waals surface area contributed by atoms with Crippen LogP contribution in [0.25, 0.3) is 0 Å². The van der Waals surface area contributed by atoms with Crippen LogP contribution in [-0.2, 0) is 0 Å². The molecule has 2 aliphatic heterocycles. The number of hydrogen-bond acceptors (Lipinski definition) is 7. The normalized spacial score (nSPS) is 18.1. The topological polar surface area (TPSA) is 73.4 Å². The van der Waals surface area contributed by atoms with E-state index in [1.54, 1.807) is 12.1 Å². The number of piperazine rings is 1. The van der Waals surface area contributed by atoms with Crippen LogP contribution in [0.15, 0.2) is 47.6 Å². The summed E-state index contributed by atoms with van der Waals surface area (Å²) in [5.74, 6) is -0.967. The van der Waals surface area contributed by atoms with E-state index in [1.165, 1.54) is 47.1 Å². The highest BCUT2D eigenvalue weighted by Crippen LogP contribution is 2.37. The molecule has 2 aromatic carbocycles. The van der Waals surface area contributed by atoms with Gasteiger partial charge in [0, 0.05) is 37.6 Å². The number of anilines is 4. The number of hydrogen-bond donors (Lipinski definition) is 2. The molecule has 1 fully saturated rings. The maximum Gasteiger partial charge on any atom is 0.263 e. The number of benzene rings is 2. The van der Waals surface area contributed by atoms with E-state index < -0.39 is 11.7 Å². The molecule has 34 heavy (non-hydrogen) atoms. The smallest absolute Gasteiger partial charge is 0.263 e. The molecule has 5 rings (SSSR count). The Kier molecular flexibility index (Phi) is 6.28. The number of halogens is 3. The predicted octanol–water partition coefficient (Wildman–Crippen LogP) is 4.66. The van der Waals surface area contributed by atoms with Crippen LogP contribution in [0.5, 0.6) is 0 Å². The fourth-order valence-corrected chi connectivity index (χ4v) is 5.28. The molecule has 7 nitrogen and oxygen atoms in total. The van der Waals surface area contributed by atoms with Gasteiger partial charge in [0.1, 0.15) is 16.7 Å². The van der Waals surface area contributed by atoms with Crippen molar-refractivity contribution in [3.63, 3.8) is 0 Å². The summed E-state index contributed by atoms with van der Waals surface area (Å²) in [6.45, 7) is 4.40. The van der Waals surface area contributed by atoms with Crippen molar-refractivity contribution in [2.75, 3.05) is 40.6 Å². The van der Waals surface area contributed by atoms with E-state index in [9.17, 15) is 13.6 Å². The molecule has 3 heterocycles. The molecule has 176 valence electrons. The fourth-order valence-electron chi connectivity index (χ4n) is 4.07. The lowest BCUT2D eigenvalue weighted by Crippen LogP contribution is -2.50. The Morgan fingerprint density at radius 1 is 1.24 bits per heavy atom. The standard InChI is InChI=1S/C23H21ClF2N6OS/c1-13-10-27-7-8-31(13)19-6-5-14(9-18(19)26)29-23-28-11-15-21(30-23)34-12-32(22(15)33)20-16(24)3-2-4-17(20)25/h2-6,9,11,13,27H,7-8,10,12H2,1H3,(H,28,29,30)/t13-/m1/s1. The molecular weight excluding hydrogens is 482 g/mol. The number of carbonyl (C=O) groups is 1. The number of carbonyl (C=O) groups excluding carboxylic acids is 1. The first-order valence-electron chi connectivity index (χ1n) is 10.7. The molecule has 0 spiro atoms. The average molecular weight is 503 g/mol.